The monoisotopic (exact) mass is 222 g/mol. The number of aliphatic hydroxyl groups is 1. The van der Waals surface area contributed by atoms with Crippen LogP contribution in [0, 0.1) is 13.8 Å². The van der Waals surface area contributed by atoms with Crippen molar-refractivity contribution in [2.45, 2.75) is 13.8 Å². The second-order valence-electron chi connectivity index (χ2n) is 4.20. The predicted octanol–water partition coefficient (Wildman–Crippen LogP) is 0.165. The number of anilines is 1. The number of hydrogen-bond donors (Lipinski definition) is 1. The van der Waals surface area contributed by atoms with E-state index in [1.54, 1.807) is 0 Å². The molecule has 0 saturated carbocycles. The minimum atomic E-state index is 0.140. The van der Waals surface area contributed by atoms with E-state index in [1.807, 2.05) is 24.8 Å². The molecule has 5 nitrogen and oxygen atoms in total. The van der Waals surface area contributed by atoms with Crippen molar-refractivity contribution in [2.24, 2.45) is 0 Å². The molecular weight excluding hydrogens is 204 g/mol. The molecule has 0 spiro atoms. The molecule has 1 N–H and O–H groups in total. The topological polar surface area (TPSA) is 52.5 Å². The third-order valence-corrected chi connectivity index (χ3v) is 2.83. The average molecular weight is 222 g/mol. The van der Waals surface area contributed by atoms with Crippen molar-refractivity contribution in [3.05, 3.63) is 17.5 Å². The van der Waals surface area contributed by atoms with Gasteiger partial charge in [0.15, 0.2) is 0 Å². The van der Waals surface area contributed by atoms with Crippen LogP contribution in [0.25, 0.3) is 0 Å². The van der Waals surface area contributed by atoms with Crippen LogP contribution >= 0.6 is 0 Å². The highest BCUT2D eigenvalue weighted by Gasteiger charge is 2.18. The first-order valence-electron chi connectivity index (χ1n) is 5.59. The van der Waals surface area contributed by atoms with Gasteiger partial charge in [0, 0.05) is 37.6 Å². The Labute approximate surface area is 95.7 Å². The van der Waals surface area contributed by atoms with Gasteiger partial charge in [-0.3, -0.25) is 4.90 Å². The van der Waals surface area contributed by atoms with E-state index >= 15 is 0 Å². The predicted molar refractivity (Wildman–Crippen MR) is 62.4 cm³/mol. The summed E-state index contributed by atoms with van der Waals surface area (Å²) in [4.78, 5) is 13.1. The molecule has 0 bridgehead atoms. The molecule has 1 saturated heterocycles. The lowest BCUT2D eigenvalue weighted by molar-refractivity contribution is 0.101. The van der Waals surface area contributed by atoms with E-state index in [1.165, 1.54) is 0 Å². The molecule has 1 aromatic heterocycles. The summed E-state index contributed by atoms with van der Waals surface area (Å²) >= 11 is 0. The Balaban J connectivity index is 2.08. The highest BCUT2D eigenvalue weighted by atomic mass is 16.3. The number of aryl methyl sites for hydroxylation is 2. The number of aliphatic hydroxyl groups excluding tert-OH is 1. The van der Waals surface area contributed by atoms with Crippen LogP contribution in [0.1, 0.15) is 11.4 Å². The van der Waals surface area contributed by atoms with Gasteiger partial charge in [-0.15, -0.1) is 0 Å². The standard InChI is InChI=1S/C11H18N4O/c1-9-7-10(2)13-11(12-9)15-5-3-14(8-16)4-6-15/h7,16H,3-6,8H2,1-2H3. The summed E-state index contributed by atoms with van der Waals surface area (Å²) in [7, 11) is 0. The SMILES string of the molecule is Cc1cc(C)nc(N2CCN(CO)CC2)n1. The highest BCUT2D eigenvalue weighted by Crippen LogP contribution is 2.12. The zero-order valence-corrected chi connectivity index (χ0v) is 9.85. The number of hydrogen-bond acceptors (Lipinski definition) is 5. The van der Waals surface area contributed by atoms with E-state index < -0.39 is 0 Å². The first-order valence-corrected chi connectivity index (χ1v) is 5.59. The number of piperazine rings is 1. The molecule has 0 aromatic carbocycles. The Morgan fingerprint density at radius 1 is 1.12 bits per heavy atom. The van der Waals surface area contributed by atoms with E-state index in [-0.39, 0.29) is 6.73 Å². The fourth-order valence-corrected chi connectivity index (χ4v) is 1.94. The van der Waals surface area contributed by atoms with Crippen molar-refractivity contribution in [3.63, 3.8) is 0 Å². The molecule has 0 unspecified atom stereocenters. The molecule has 0 aliphatic carbocycles. The van der Waals surface area contributed by atoms with Crippen molar-refractivity contribution in [3.8, 4) is 0 Å². The lowest BCUT2D eigenvalue weighted by Gasteiger charge is -2.33. The largest absolute Gasteiger partial charge is 0.381 e. The van der Waals surface area contributed by atoms with Gasteiger partial charge in [0.1, 0.15) is 0 Å². The first-order chi connectivity index (χ1) is 7.69. The van der Waals surface area contributed by atoms with E-state index in [0.717, 1.165) is 43.5 Å². The average Bonchev–Trinajstić information content (AvgIpc) is 2.28. The van der Waals surface area contributed by atoms with E-state index in [9.17, 15) is 0 Å². The molecule has 0 amide bonds. The quantitative estimate of drug-likeness (QED) is 0.773. The first kappa shape index (κ1) is 11.3. The molecule has 0 radical (unpaired) electrons. The fourth-order valence-electron chi connectivity index (χ4n) is 1.94. The van der Waals surface area contributed by atoms with Gasteiger partial charge in [-0.25, -0.2) is 9.97 Å². The number of nitrogens with zero attached hydrogens (tertiary/aromatic N) is 4. The molecular formula is C11H18N4O. The zero-order chi connectivity index (χ0) is 11.5. The second-order valence-corrected chi connectivity index (χ2v) is 4.20. The van der Waals surface area contributed by atoms with Gasteiger partial charge < -0.3 is 10.0 Å². The van der Waals surface area contributed by atoms with Crippen LogP contribution in [0.2, 0.25) is 0 Å². The summed E-state index contributed by atoms with van der Waals surface area (Å²) in [5.74, 6) is 0.815. The van der Waals surface area contributed by atoms with E-state index in [0.29, 0.717) is 0 Å². The maximum absolute atomic E-state index is 9.01. The Kier molecular flexibility index (Phi) is 3.36. The number of rotatable bonds is 2. The smallest absolute Gasteiger partial charge is 0.225 e. The lowest BCUT2D eigenvalue weighted by atomic mass is 10.3. The minimum absolute atomic E-state index is 0.140. The highest BCUT2D eigenvalue weighted by molar-refractivity contribution is 5.32. The summed E-state index contributed by atoms with van der Waals surface area (Å²) in [6.45, 7) is 7.61. The van der Waals surface area contributed by atoms with E-state index in [2.05, 4.69) is 14.9 Å². The van der Waals surface area contributed by atoms with Crippen LogP contribution in [-0.2, 0) is 0 Å². The molecule has 1 fully saturated rings. The van der Waals surface area contributed by atoms with Crippen LogP contribution < -0.4 is 4.90 Å². The summed E-state index contributed by atoms with van der Waals surface area (Å²) in [5, 5.41) is 9.01. The third kappa shape index (κ3) is 2.48. The van der Waals surface area contributed by atoms with Crippen molar-refractivity contribution in [1.29, 1.82) is 0 Å². The van der Waals surface area contributed by atoms with Crippen LogP contribution in [-0.4, -0.2) is 52.9 Å². The molecule has 0 atom stereocenters. The lowest BCUT2D eigenvalue weighted by Crippen LogP contribution is -2.47. The van der Waals surface area contributed by atoms with Crippen molar-refractivity contribution < 1.29 is 5.11 Å². The second kappa shape index (κ2) is 4.76. The molecule has 16 heavy (non-hydrogen) atoms. The Morgan fingerprint density at radius 3 is 2.19 bits per heavy atom. The van der Waals surface area contributed by atoms with Gasteiger partial charge in [0.05, 0.1) is 6.73 Å². The van der Waals surface area contributed by atoms with Gasteiger partial charge in [-0.2, -0.15) is 0 Å². The molecule has 1 aromatic rings. The van der Waals surface area contributed by atoms with Crippen molar-refractivity contribution >= 4 is 5.95 Å². The van der Waals surface area contributed by atoms with Gasteiger partial charge in [-0.1, -0.05) is 0 Å². The summed E-state index contributed by atoms with van der Waals surface area (Å²) in [6.07, 6.45) is 0. The maximum atomic E-state index is 9.01. The van der Waals surface area contributed by atoms with Gasteiger partial charge in [-0.05, 0) is 19.9 Å². The summed E-state index contributed by atoms with van der Waals surface area (Å²) < 4.78 is 0. The Hall–Kier alpha value is -1.20. The summed E-state index contributed by atoms with van der Waals surface area (Å²) in [5.41, 5.74) is 2.01. The van der Waals surface area contributed by atoms with Crippen LogP contribution in [0.4, 0.5) is 5.95 Å². The van der Waals surface area contributed by atoms with Gasteiger partial charge >= 0.3 is 0 Å². The van der Waals surface area contributed by atoms with Gasteiger partial charge in [0.2, 0.25) is 5.95 Å². The molecule has 1 aliphatic rings. The molecule has 5 heteroatoms. The van der Waals surface area contributed by atoms with Crippen LogP contribution in [0.3, 0.4) is 0 Å². The van der Waals surface area contributed by atoms with Crippen LogP contribution in [0.5, 0.6) is 0 Å². The molecule has 1 aliphatic heterocycles. The van der Waals surface area contributed by atoms with Crippen molar-refractivity contribution in [2.75, 3.05) is 37.8 Å². The van der Waals surface area contributed by atoms with Crippen molar-refractivity contribution in [1.82, 2.24) is 14.9 Å². The number of aromatic nitrogens is 2. The Bertz CT molecular complexity index is 341. The normalized spacial score (nSPS) is 17.8. The maximum Gasteiger partial charge on any atom is 0.225 e. The molecule has 88 valence electrons. The Morgan fingerprint density at radius 2 is 1.69 bits per heavy atom. The van der Waals surface area contributed by atoms with Crippen LogP contribution in [0.15, 0.2) is 6.07 Å². The zero-order valence-electron chi connectivity index (χ0n) is 9.85. The van der Waals surface area contributed by atoms with Gasteiger partial charge in [0.25, 0.3) is 0 Å². The third-order valence-electron chi connectivity index (χ3n) is 2.83. The van der Waals surface area contributed by atoms with E-state index in [4.69, 9.17) is 5.11 Å². The molecule has 2 heterocycles. The fraction of sp³-hybridized carbons (Fsp3) is 0.636. The summed E-state index contributed by atoms with van der Waals surface area (Å²) in [6, 6.07) is 1.98. The minimum Gasteiger partial charge on any atom is -0.381 e. The molecule has 2 rings (SSSR count).